The van der Waals surface area contributed by atoms with Crippen molar-refractivity contribution in [2.75, 3.05) is 18.5 Å². The number of ether oxygens (including phenoxy) is 1. The van der Waals surface area contributed by atoms with Crippen molar-refractivity contribution < 1.29 is 4.74 Å². The van der Waals surface area contributed by atoms with Crippen molar-refractivity contribution in [2.24, 2.45) is 0 Å². The van der Waals surface area contributed by atoms with Crippen LogP contribution in [-0.2, 0) is 0 Å². The summed E-state index contributed by atoms with van der Waals surface area (Å²) in [6.45, 7) is 9.88. The lowest BCUT2D eigenvalue weighted by atomic mass is 9.97. The largest absolute Gasteiger partial charge is 0.494 e. The van der Waals surface area contributed by atoms with Crippen molar-refractivity contribution in [3.63, 3.8) is 0 Å². The van der Waals surface area contributed by atoms with Crippen LogP contribution in [0.25, 0.3) is 11.3 Å². The molecule has 0 unspecified atom stereocenters. The zero-order chi connectivity index (χ0) is 15.2. The van der Waals surface area contributed by atoms with E-state index in [0.717, 1.165) is 34.9 Å². The monoisotopic (exact) mass is 285 g/mol. The molecule has 1 heterocycles. The van der Waals surface area contributed by atoms with E-state index in [-0.39, 0.29) is 0 Å². The number of anilines is 1. The molecule has 112 valence electrons. The van der Waals surface area contributed by atoms with E-state index < -0.39 is 0 Å². The van der Waals surface area contributed by atoms with Crippen LogP contribution in [0.4, 0.5) is 5.82 Å². The van der Waals surface area contributed by atoms with Crippen LogP contribution in [0.15, 0.2) is 30.6 Å². The summed E-state index contributed by atoms with van der Waals surface area (Å²) in [6.07, 6.45) is 1.62. The van der Waals surface area contributed by atoms with Gasteiger partial charge in [-0.05, 0) is 31.9 Å². The SMILES string of the molecule is CCNc1ncnc(-c2cccc(OCC)c2)c1C(C)C. The second kappa shape index (κ2) is 7.07. The lowest BCUT2D eigenvalue weighted by molar-refractivity contribution is 0.340. The van der Waals surface area contributed by atoms with Gasteiger partial charge in [0.2, 0.25) is 0 Å². The van der Waals surface area contributed by atoms with E-state index in [1.807, 2.05) is 25.1 Å². The van der Waals surface area contributed by atoms with Crippen molar-refractivity contribution in [1.29, 1.82) is 0 Å². The van der Waals surface area contributed by atoms with Crippen molar-refractivity contribution in [1.82, 2.24) is 9.97 Å². The Morgan fingerprint density at radius 3 is 2.67 bits per heavy atom. The van der Waals surface area contributed by atoms with Gasteiger partial charge in [-0.15, -0.1) is 0 Å². The van der Waals surface area contributed by atoms with Crippen LogP contribution in [0.5, 0.6) is 5.75 Å². The summed E-state index contributed by atoms with van der Waals surface area (Å²) in [6, 6.07) is 8.06. The smallest absolute Gasteiger partial charge is 0.133 e. The summed E-state index contributed by atoms with van der Waals surface area (Å²) in [4.78, 5) is 8.89. The Bertz CT molecular complexity index is 596. The van der Waals surface area contributed by atoms with Crippen LogP contribution in [0.1, 0.15) is 39.2 Å². The average Bonchev–Trinajstić information content (AvgIpc) is 2.48. The third-order valence-electron chi connectivity index (χ3n) is 3.22. The molecule has 1 aromatic heterocycles. The summed E-state index contributed by atoms with van der Waals surface area (Å²) >= 11 is 0. The number of rotatable bonds is 6. The third-order valence-corrected chi connectivity index (χ3v) is 3.22. The van der Waals surface area contributed by atoms with E-state index in [2.05, 4.69) is 42.1 Å². The topological polar surface area (TPSA) is 47.0 Å². The minimum absolute atomic E-state index is 0.339. The van der Waals surface area contributed by atoms with Crippen molar-refractivity contribution >= 4 is 5.82 Å². The highest BCUT2D eigenvalue weighted by Gasteiger charge is 2.16. The summed E-state index contributed by atoms with van der Waals surface area (Å²) in [5.74, 6) is 2.12. The number of nitrogens with one attached hydrogen (secondary N) is 1. The van der Waals surface area contributed by atoms with Crippen LogP contribution < -0.4 is 10.1 Å². The van der Waals surface area contributed by atoms with E-state index in [0.29, 0.717) is 12.5 Å². The molecular weight excluding hydrogens is 262 g/mol. The molecule has 0 bridgehead atoms. The van der Waals surface area contributed by atoms with E-state index in [9.17, 15) is 0 Å². The summed E-state index contributed by atoms with van der Waals surface area (Å²) in [5, 5.41) is 3.33. The molecule has 0 atom stereocenters. The summed E-state index contributed by atoms with van der Waals surface area (Å²) < 4.78 is 5.59. The molecule has 0 saturated heterocycles. The molecule has 0 saturated carbocycles. The predicted molar refractivity (Wildman–Crippen MR) is 86.9 cm³/mol. The van der Waals surface area contributed by atoms with Gasteiger partial charge in [-0.25, -0.2) is 9.97 Å². The van der Waals surface area contributed by atoms with Crippen LogP contribution in [-0.4, -0.2) is 23.1 Å². The molecule has 2 rings (SSSR count). The highest BCUT2D eigenvalue weighted by atomic mass is 16.5. The van der Waals surface area contributed by atoms with E-state index in [1.165, 1.54) is 0 Å². The van der Waals surface area contributed by atoms with Crippen molar-refractivity contribution in [3.05, 3.63) is 36.2 Å². The van der Waals surface area contributed by atoms with Gasteiger partial charge in [0.25, 0.3) is 0 Å². The first-order chi connectivity index (χ1) is 10.2. The second-order valence-electron chi connectivity index (χ2n) is 5.13. The lowest BCUT2D eigenvalue weighted by Gasteiger charge is -2.17. The molecule has 0 aliphatic heterocycles. The highest BCUT2D eigenvalue weighted by Crippen LogP contribution is 2.33. The van der Waals surface area contributed by atoms with Crippen molar-refractivity contribution in [2.45, 2.75) is 33.6 Å². The van der Waals surface area contributed by atoms with Crippen LogP contribution in [0, 0.1) is 0 Å². The predicted octanol–water partition coefficient (Wildman–Crippen LogP) is 4.10. The maximum atomic E-state index is 5.59. The fraction of sp³-hybridized carbons (Fsp3) is 0.412. The van der Waals surface area contributed by atoms with Gasteiger partial charge < -0.3 is 10.1 Å². The van der Waals surface area contributed by atoms with E-state index in [4.69, 9.17) is 4.74 Å². The molecule has 1 N–H and O–H groups in total. The second-order valence-corrected chi connectivity index (χ2v) is 5.13. The lowest BCUT2D eigenvalue weighted by Crippen LogP contribution is -2.07. The average molecular weight is 285 g/mol. The zero-order valence-corrected chi connectivity index (χ0v) is 13.2. The van der Waals surface area contributed by atoms with Crippen molar-refractivity contribution in [3.8, 4) is 17.0 Å². The molecule has 2 aromatic rings. The number of hydrogen-bond acceptors (Lipinski definition) is 4. The van der Waals surface area contributed by atoms with Gasteiger partial charge in [-0.1, -0.05) is 26.0 Å². The standard InChI is InChI=1S/C17H23N3O/c1-5-18-17-15(12(3)4)16(19-11-20-17)13-8-7-9-14(10-13)21-6-2/h7-12H,5-6H2,1-4H3,(H,18,19,20). The maximum Gasteiger partial charge on any atom is 0.133 e. The molecule has 4 heteroatoms. The maximum absolute atomic E-state index is 5.59. The van der Waals surface area contributed by atoms with Crippen LogP contribution in [0.3, 0.4) is 0 Å². The molecule has 21 heavy (non-hydrogen) atoms. The number of aromatic nitrogens is 2. The van der Waals surface area contributed by atoms with Gasteiger partial charge in [0.1, 0.15) is 17.9 Å². The molecule has 0 fully saturated rings. The summed E-state index contributed by atoms with van der Waals surface area (Å²) in [5.41, 5.74) is 3.18. The quantitative estimate of drug-likeness (QED) is 0.868. The zero-order valence-electron chi connectivity index (χ0n) is 13.2. The minimum atomic E-state index is 0.339. The van der Waals surface area contributed by atoms with Gasteiger partial charge in [-0.2, -0.15) is 0 Å². The Morgan fingerprint density at radius 1 is 1.19 bits per heavy atom. The Balaban J connectivity index is 2.52. The molecule has 1 aromatic carbocycles. The molecule has 0 amide bonds. The van der Waals surface area contributed by atoms with Crippen LogP contribution in [0.2, 0.25) is 0 Å². The Morgan fingerprint density at radius 2 is 2.00 bits per heavy atom. The van der Waals surface area contributed by atoms with Gasteiger partial charge >= 0.3 is 0 Å². The molecule has 0 spiro atoms. The number of nitrogens with zero attached hydrogens (tertiary/aromatic N) is 2. The molecule has 0 aliphatic rings. The molecular formula is C17H23N3O. The summed E-state index contributed by atoms with van der Waals surface area (Å²) in [7, 11) is 0. The fourth-order valence-electron chi connectivity index (χ4n) is 2.38. The third kappa shape index (κ3) is 3.51. The van der Waals surface area contributed by atoms with Gasteiger partial charge in [0.05, 0.1) is 12.3 Å². The van der Waals surface area contributed by atoms with E-state index in [1.54, 1.807) is 6.33 Å². The molecule has 0 aliphatic carbocycles. The minimum Gasteiger partial charge on any atom is -0.494 e. The van der Waals surface area contributed by atoms with Crippen LogP contribution >= 0.6 is 0 Å². The number of benzene rings is 1. The normalized spacial score (nSPS) is 10.7. The van der Waals surface area contributed by atoms with Gasteiger partial charge in [0.15, 0.2) is 0 Å². The fourth-order valence-corrected chi connectivity index (χ4v) is 2.38. The molecule has 4 nitrogen and oxygen atoms in total. The van der Waals surface area contributed by atoms with Gasteiger partial charge in [-0.3, -0.25) is 0 Å². The Hall–Kier alpha value is -2.10. The Kier molecular flexibility index (Phi) is 5.14. The highest BCUT2D eigenvalue weighted by molar-refractivity contribution is 5.70. The number of hydrogen-bond donors (Lipinski definition) is 1. The first-order valence-electron chi connectivity index (χ1n) is 7.49. The Labute approximate surface area is 126 Å². The first kappa shape index (κ1) is 15.3. The van der Waals surface area contributed by atoms with E-state index >= 15 is 0 Å². The first-order valence-corrected chi connectivity index (χ1v) is 7.49. The molecule has 0 radical (unpaired) electrons. The van der Waals surface area contributed by atoms with Gasteiger partial charge in [0, 0.05) is 17.7 Å².